The van der Waals surface area contributed by atoms with E-state index in [0.717, 1.165) is 24.0 Å². The minimum absolute atomic E-state index is 0.00836. The number of hydrazine groups is 1. The summed E-state index contributed by atoms with van der Waals surface area (Å²) in [7, 11) is 0. The van der Waals surface area contributed by atoms with E-state index in [1.54, 1.807) is 4.90 Å². The third-order valence-electron chi connectivity index (χ3n) is 5.62. The highest BCUT2D eigenvalue weighted by Crippen LogP contribution is 2.25. The second-order valence-corrected chi connectivity index (χ2v) is 9.65. The number of aliphatic hydroxyl groups excluding tert-OH is 2. The number of rotatable bonds is 9. The molecule has 1 fully saturated rings. The molecule has 9 heteroatoms. The highest BCUT2D eigenvalue weighted by molar-refractivity contribution is 5.68. The largest absolute Gasteiger partial charge is 0.493 e. The van der Waals surface area contributed by atoms with E-state index in [1.807, 2.05) is 51.1 Å². The van der Waals surface area contributed by atoms with Gasteiger partial charge in [-0.25, -0.2) is 4.79 Å². The predicted octanol–water partition coefficient (Wildman–Crippen LogP) is 3.05. The van der Waals surface area contributed by atoms with Crippen LogP contribution >= 0.6 is 0 Å². The Bertz CT molecular complexity index is 879. The molecule has 0 spiro atoms. The SMILES string of the molecule is CC(C)(C)OC(=O)N1CCCC(NC2=C(COCc3ccccc3)C(CCCO)=C(O)NN2)C1. The van der Waals surface area contributed by atoms with Crippen molar-refractivity contribution in [3.05, 3.63) is 58.7 Å². The van der Waals surface area contributed by atoms with E-state index in [9.17, 15) is 15.0 Å². The van der Waals surface area contributed by atoms with Crippen LogP contribution in [-0.4, -0.2) is 59.2 Å². The Labute approximate surface area is 201 Å². The zero-order valence-electron chi connectivity index (χ0n) is 20.4. The van der Waals surface area contributed by atoms with Crippen molar-refractivity contribution in [2.45, 2.75) is 64.7 Å². The van der Waals surface area contributed by atoms with Crippen molar-refractivity contribution >= 4 is 6.09 Å². The van der Waals surface area contributed by atoms with Crippen LogP contribution in [0.5, 0.6) is 0 Å². The Morgan fingerprint density at radius 3 is 2.65 bits per heavy atom. The van der Waals surface area contributed by atoms with Crippen LogP contribution in [0.15, 0.2) is 53.2 Å². The number of carbonyl (C=O) groups is 1. The zero-order chi connectivity index (χ0) is 24.6. The number of nitrogens with one attached hydrogen (secondary N) is 3. The van der Waals surface area contributed by atoms with Crippen molar-refractivity contribution in [1.82, 2.24) is 21.1 Å². The number of aliphatic hydroxyl groups is 2. The van der Waals surface area contributed by atoms with E-state index < -0.39 is 5.60 Å². The molecule has 0 aromatic heterocycles. The van der Waals surface area contributed by atoms with Crippen molar-refractivity contribution in [2.75, 3.05) is 26.3 Å². The monoisotopic (exact) mass is 474 g/mol. The molecule has 1 aromatic rings. The van der Waals surface area contributed by atoms with E-state index in [-0.39, 0.29) is 31.2 Å². The van der Waals surface area contributed by atoms with Gasteiger partial charge < -0.3 is 29.9 Å². The van der Waals surface area contributed by atoms with Crippen LogP contribution in [0.2, 0.25) is 0 Å². The van der Waals surface area contributed by atoms with Gasteiger partial charge in [0.25, 0.3) is 0 Å². The fraction of sp³-hybridized carbons (Fsp3) is 0.560. The van der Waals surface area contributed by atoms with E-state index in [2.05, 4.69) is 16.2 Å². The summed E-state index contributed by atoms with van der Waals surface area (Å²) in [6.45, 7) is 7.50. The molecule has 1 atom stereocenters. The van der Waals surface area contributed by atoms with Gasteiger partial charge in [0.2, 0.25) is 5.88 Å². The van der Waals surface area contributed by atoms with Crippen molar-refractivity contribution in [1.29, 1.82) is 0 Å². The van der Waals surface area contributed by atoms with Crippen LogP contribution in [-0.2, 0) is 16.1 Å². The highest BCUT2D eigenvalue weighted by atomic mass is 16.6. The standard InChI is InChI=1S/C25H38N4O5/c1-25(2,3)34-24(32)29-13-7-11-19(15-29)26-22-21(17-33-16-18-9-5-4-6-10-18)20(12-8-14-30)23(31)28-27-22/h4-6,9-10,19,26-28,30-31H,7-8,11-17H2,1-3H3. The molecule has 0 bridgehead atoms. The summed E-state index contributed by atoms with van der Waals surface area (Å²) < 4.78 is 11.5. The van der Waals surface area contributed by atoms with Gasteiger partial charge in [0.05, 0.1) is 13.2 Å². The Balaban J connectivity index is 1.72. The molecule has 1 saturated heterocycles. The van der Waals surface area contributed by atoms with Crippen LogP contribution in [0, 0.1) is 0 Å². The van der Waals surface area contributed by atoms with E-state index in [4.69, 9.17) is 9.47 Å². The van der Waals surface area contributed by atoms with Crippen LogP contribution in [0.25, 0.3) is 0 Å². The average Bonchev–Trinajstić information content (AvgIpc) is 2.80. The van der Waals surface area contributed by atoms with Gasteiger partial charge in [0.1, 0.15) is 11.4 Å². The van der Waals surface area contributed by atoms with Gasteiger partial charge in [-0.15, -0.1) is 0 Å². The predicted molar refractivity (Wildman–Crippen MR) is 129 cm³/mol. The topological polar surface area (TPSA) is 115 Å². The maximum absolute atomic E-state index is 12.6. The molecule has 188 valence electrons. The number of ether oxygens (including phenoxy) is 2. The summed E-state index contributed by atoms with van der Waals surface area (Å²) in [6.07, 6.45) is 2.46. The Hall–Kier alpha value is -2.91. The molecule has 9 nitrogen and oxygen atoms in total. The maximum atomic E-state index is 12.6. The average molecular weight is 475 g/mol. The summed E-state index contributed by atoms with van der Waals surface area (Å²) in [5, 5.41) is 23.3. The van der Waals surface area contributed by atoms with Crippen LogP contribution < -0.4 is 16.2 Å². The molecule has 3 rings (SSSR count). The number of piperidine rings is 1. The zero-order valence-corrected chi connectivity index (χ0v) is 20.4. The Morgan fingerprint density at radius 1 is 1.18 bits per heavy atom. The highest BCUT2D eigenvalue weighted by Gasteiger charge is 2.29. The van der Waals surface area contributed by atoms with E-state index >= 15 is 0 Å². The van der Waals surface area contributed by atoms with Gasteiger partial charge in [0, 0.05) is 36.9 Å². The fourth-order valence-electron chi connectivity index (χ4n) is 4.01. The van der Waals surface area contributed by atoms with E-state index in [1.165, 1.54) is 0 Å². The number of nitrogens with zero attached hydrogens (tertiary/aromatic N) is 1. The lowest BCUT2D eigenvalue weighted by Gasteiger charge is -2.36. The smallest absolute Gasteiger partial charge is 0.410 e. The van der Waals surface area contributed by atoms with Gasteiger partial charge >= 0.3 is 6.09 Å². The fourth-order valence-corrected chi connectivity index (χ4v) is 4.01. The molecule has 0 saturated carbocycles. The molecular formula is C25H38N4O5. The number of hydrogen-bond acceptors (Lipinski definition) is 8. The molecule has 2 aliphatic heterocycles. The van der Waals surface area contributed by atoms with Crippen LogP contribution in [0.1, 0.15) is 52.0 Å². The molecular weight excluding hydrogens is 436 g/mol. The lowest BCUT2D eigenvalue weighted by Crippen LogP contribution is -2.52. The van der Waals surface area contributed by atoms with Gasteiger partial charge in [0.15, 0.2) is 0 Å². The molecule has 2 heterocycles. The summed E-state index contributed by atoms with van der Waals surface area (Å²) in [5.74, 6) is 0.728. The maximum Gasteiger partial charge on any atom is 0.410 e. The molecule has 0 radical (unpaired) electrons. The third-order valence-corrected chi connectivity index (χ3v) is 5.62. The lowest BCUT2D eigenvalue weighted by molar-refractivity contribution is 0.0189. The van der Waals surface area contributed by atoms with Crippen LogP contribution in [0.3, 0.4) is 0 Å². The van der Waals surface area contributed by atoms with Gasteiger partial charge in [-0.1, -0.05) is 30.3 Å². The molecule has 5 N–H and O–H groups in total. The lowest BCUT2D eigenvalue weighted by atomic mass is 9.99. The number of likely N-dealkylation sites (tertiary alicyclic amines) is 1. The van der Waals surface area contributed by atoms with Gasteiger partial charge in [-0.2, -0.15) is 0 Å². The van der Waals surface area contributed by atoms with Gasteiger partial charge in [-0.05, 0) is 52.0 Å². The minimum atomic E-state index is -0.540. The van der Waals surface area contributed by atoms with E-state index in [0.29, 0.717) is 43.9 Å². The first-order valence-electron chi connectivity index (χ1n) is 11.9. The van der Waals surface area contributed by atoms with Crippen LogP contribution in [0.4, 0.5) is 4.79 Å². The summed E-state index contributed by atoms with van der Waals surface area (Å²) in [4.78, 5) is 14.3. The molecule has 1 aromatic carbocycles. The normalized spacial score (nSPS) is 18.9. The molecule has 1 unspecified atom stereocenters. The number of amides is 1. The number of hydrogen-bond donors (Lipinski definition) is 5. The Morgan fingerprint density at radius 2 is 1.94 bits per heavy atom. The molecule has 1 amide bonds. The second-order valence-electron chi connectivity index (χ2n) is 9.65. The van der Waals surface area contributed by atoms with Crippen molar-refractivity contribution < 1.29 is 24.5 Å². The first-order valence-corrected chi connectivity index (χ1v) is 11.9. The third kappa shape index (κ3) is 7.56. The number of carbonyl (C=O) groups excluding carboxylic acids is 1. The first-order chi connectivity index (χ1) is 16.3. The summed E-state index contributed by atoms with van der Waals surface area (Å²) in [5.41, 5.74) is 7.86. The summed E-state index contributed by atoms with van der Waals surface area (Å²) >= 11 is 0. The molecule has 0 aliphatic carbocycles. The quantitative estimate of drug-likeness (QED) is 0.371. The van der Waals surface area contributed by atoms with Crippen molar-refractivity contribution in [3.8, 4) is 0 Å². The summed E-state index contributed by atoms with van der Waals surface area (Å²) in [6, 6.07) is 9.91. The minimum Gasteiger partial charge on any atom is -0.493 e. The van der Waals surface area contributed by atoms with Crippen molar-refractivity contribution in [3.63, 3.8) is 0 Å². The van der Waals surface area contributed by atoms with Gasteiger partial charge in [-0.3, -0.25) is 10.9 Å². The first kappa shape index (κ1) is 25.7. The Kier molecular flexibility index (Phi) is 9.06. The number of benzene rings is 1. The molecule has 34 heavy (non-hydrogen) atoms. The molecule has 2 aliphatic rings. The van der Waals surface area contributed by atoms with Crippen molar-refractivity contribution in [2.24, 2.45) is 0 Å². The second kappa shape index (κ2) is 12.0.